The molecule has 0 fully saturated rings. The van der Waals surface area contributed by atoms with Crippen LogP contribution in [-0.2, 0) is 0 Å². The molecular formula is C11H16O2S. The Kier molecular flexibility index (Phi) is 8.04. The highest BCUT2D eigenvalue weighted by atomic mass is 32.1. The summed E-state index contributed by atoms with van der Waals surface area (Å²) in [5.41, 5.74) is 0. The molecule has 0 unspecified atom stereocenters. The lowest BCUT2D eigenvalue weighted by molar-refractivity contribution is 0.227. The minimum absolute atomic E-state index is 0.516. The van der Waals surface area contributed by atoms with E-state index in [1.807, 2.05) is 6.07 Å². The number of unbranched alkanes of at least 4 members (excludes halogenated alkanes) is 1. The second-order valence-electron chi connectivity index (χ2n) is 2.68. The third kappa shape index (κ3) is 7.68. The van der Waals surface area contributed by atoms with Crippen molar-refractivity contribution in [1.29, 1.82) is 0 Å². The third-order valence-electron chi connectivity index (χ3n) is 1.45. The highest BCUT2D eigenvalue weighted by Gasteiger charge is 1.94. The van der Waals surface area contributed by atoms with Gasteiger partial charge in [0.25, 0.3) is 0 Å². The molecule has 0 aliphatic heterocycles. The molecule has 0 saturated heterocycles. The van der Waals surface area contributed by atoms with Gasteiger partial charge in [-0.05, 0) is 12.1 Å². The van der Waals surface area contributed by atoms with Gasteiger partial charge in [0.05, 0.1) is 0 Å². The van der Waals surface area contributed by atoms with E-state index in [2.05, 4.69) is 31.2 Å². The topological polar surface area (TPSA) is 26.3 Å². The zero-order chi connectivity index (χ0) is 10.8. The maximum Gasteiger partial charge on any atom is 0.369 e. The van der Waals surface area contributed by atoms with Crippen molar-refractivity contribution in [3.05, 3.63) is 30.3 Å². The van der Waals surface area contributed by atoms with Crippen molar-refractivity contribution >= 4 is 17.9 Å². The first-order valence-corrected chi connectivity index (χ1v) is 5.11. The van der Waals surface area contributed by atoms with Crippen LogP contribution in [0.15, 0.2) is 30.3 Å². The average Bonchev–Trinajstić information content (AvgIpc) is 2.19. The molecule has 14 heavy (non-hydrogen) atoms. The average molecular weight is 212 g/mol. The summed E-state index contributed by atoms with van der Waals surface area (Å²) in [6, 6.07) is 8.79. The predicted octanol–water partition coefficient (Wildman–Crippen LogP) is 3.92. The third-order valence-corrected chi connectivity index (χ3v) is 1.54. The number of hydrogen-bond acceptors (Lipinski definition) is 2. The van der Waals surface area contributed by atoms with Gasteiger partial charge in [-0.1, -0.05) is 57.5 Å². The standard InChI is InChI=1S/C7H6O2S.C4H10/c8-7(10)9-6-4-2-1-3-5-6;1-3-4-2/h1-5H,(H,8,10);3-4H2,1-2H3. The van der Waals surface area contributed by atoms with Gasteiger partial charge in [0.15, 0.2) is 0 Å². The van der Waals surface area contributed by atoms with Crippen molar-refractivity contribution in [2.45, 2.75) is 26.7 Å². The quantitative estimate of drug-likeness (QED) is 0.594. The van der Waals surface area contributed by atoms with E-state index < -0.39 is 5.30 Å². The summed E-state index contributed by atoms with van der Waals surface area (Å²) >= 11 is 3.45. The molecule has 1 aromatic carbocycles. The summed E-state index contributed by atoms with van der Waals surface area (Å²) < 4.78 is 4.64. The van der Waals surface area contributed by atoms with Crippen molar-refractivity contribution in [3.8, 4) is 5.75 Å². The van der Waals surface area contributed by atoms with Crippen LogP contribution in [-0.4, -0.2) is 5.30 Å². The smallest absolute Gasteiger partial charge is 0.369 e. The predicted molar refractivity (Wildman–Crippen MR) is 62.0 cm³/mol. The number of ether oxygens (including phenoxy) is 1. The maximum absolute atomic E-state index is 10.3. The van der Waals surface area contributed by atoms with E-state index in [9.17, 15) is 4.79 Å². The van der Waals surface area contributed by atoms with E-state index in [4.69, 9.17) is 0 Å². The van der Waals surface area contributed by atoms with Crippen molar-refractivity contribution in [2.24, 2.45) is 0 Å². The normalized spacial score (nSPS) is 8.50. The summed E-state index contributed by atoms with van der Waals surface area (Å²) in [5, 5.41) is -0.591. The van der Waals surface area contributed by atoms with Crippen LogP contribution in [0.25, 0.3) is 0 Å². The molecule has 0 radical (unpaired) electrons. The van der Waals surface area contributed by atoms with Crippen LogP contribution in [0.2, 0.25) is 0 Å². The highest BCUT2D eigenvalue weighted by Crippen LogP contribution is 2.09. The molecule has 0 aliphatic carbocycles. The van der Waals surface area contributed by atoms with Crippen LogP contribution in [0.1, 0.15) is 26.7 Å². The summed E-state index contributed by atoms with van der Waals surface area (Å²) in [6.07, 6.45) is 2.64. The Balaban J connectivity index is 0.000000364. The van der Waals surface area contributed by atoms with E-state index in [0.717, 1.165) is 0 Å². The molecule has 78 valence electrons. The molecule has 0 aliphatic rings. The molecule has 0 heterocycles. The van der Waals surface area contributed by atoms with E-state index in [0.29, 0.717) is 5.75 Å². The van der Waals surface area contributed by atoms with Crippen molar-refractivity contribution in [3.63, 3.8) is 0 Å². The second kappa shape index (κ2) is 8.63. The lowest BCUT2D eigenvalue weighted by atomic mass is 10.3. The number of rotatable bonds is 2. The molecule has 1 rings (SSSR count). The van der Waals surface area contributed by atoms with Crippen LogP contribution < -0.4 is 4.74 Å². The van der Waals surface area contributed by atoms with Gasteiger partial charge >= 0.3 is 5.30 Å². The molecule has 0 N–H and O–H groups in total. The van der Waals surface area contributed by atoms with Crippen LogP contribution in [0.4, 0.5) is 4.79 Å². The lowest BCUT2D eigenvalue weighted by Gasteiger charge is -1.96. The van der Waals surface area contributed by atoms with Crippen LogP contribution >= 0.6 is 12.6 Å². The number of para-hydroxylation sites is 1. The van der Waals surface area contributed by atoms with Gasteiger partial charge in [0, 0.05) is 0 Å². The Morgan fingerprint density at radius 2 is 1.71 bits per heavy atom. The van der Waals surface area contributed by atoms with Crippen LogP contribution in [0, 0.1) is 0 Å². The van der Waals surface area contributed by atoms with Gasteiger partial charge in [-0.3, -0.25) is 0 Å². The fourth-order valence-electron chi connectivity index (χ4n) is 0.589. The Morgan fingerprint density at radius 3 is 2.07 bits per heavy atom. The molecule has 0 bridgehead atoms. The van der Waals surface area contributed by atoms with Crippen LogP contribution in [0.5, 0.6) is 5.75 Å². The molecule has 0 amide bonds. The second-order valence-corrected chi connectivity index (χ2v) is 3.05. The fraction of sp³-hybridized carbons (Fsp3) is 0.364. The first-order valence-electron chi connectivity index (χ1n) is 4.66. The number of carbonyl (C=O) groups excluding carboxylic acids is 1. The van der Waals surface area contributed by atoms with Gasteiger partial charge in [-0.15, -0.1) is 0 Å². The van der Waals surface area contributed by atoms with E-state index in [1.54, 1.807) is 24.3 Å². The molecule has 2 nitrogen and oxygen atoms in total. The number of thiol groups is 1. The summed E-state index contributed by atoms with van der Waals surface area (Å²) in [5.74, 6) is 0.516. The minimum Gasteiger partial charge on any atom is -0.419 e. The molecule has 0 spiro atoms. The first kappa shape index (κ1) is 13.0. The van der Waals surface area contributed by atoms with Crippen molar-refractivity contribution in [2.75, 3.05) is 0 Å². The maximum atomic E-state index is 10.3. The van der Waals surface area contributed by atoms with E-state index in [1.165, 1.54) is 12.8 Å². The van der Waals surface area contributed by atoms with E-state index >= 15 is 0 Å². The Labute approximate surface area is 90.7 Å². The molecule has 1 aromatic rings. The van der Waals surface area contributed by atoms with Gasteiger partial charge in [0.1, 0.15) is 5.75 Å². The molecular weight excluding hydrogens is 196 g/mol. The number of benzene rings is 1. The zero-order valence-electron chi connectivity index (χ0n) is 8.56. The monoisotopic (exact) mass is 212 g/mol. The van der Waals surface area contributed by atoms with Crippen molar-refractivity contribution in [1.82, 2.24) is 0 Å². The first-order chi connectivity index (χ1) is 6.70. The summed E-state index contributed by atoms with van der Waals surface area (Å²) in [4.78, 5) is 10.3. The summed E-state index contributed by atoms with van der Waals surface area (Å²) in [7, 11) is 0. The molecule has 0 aromatic heterocycles. The number of carbonyl (C=O) groups is 1. The SMILES string of the molecule is CCCC.O=C(S)Oc1ccccc1. The summed E-state index contributed by atoms with van der Waals surface area (Å²) in [6.45, 7) is 4.36. The zero-order valence-corrected chi connectivity index (χ0v) is 9.46. The minimum atomic E-state index is -0.591. The lowest BCUT2D eigenvalue weighted by Crippen LogP contribution is -1.94. The molecule has 3 heteroatoms. The van der Waals surface area contributed by atoms with Gasteiger partial charge in [-0.25, -0.2) is 4.79 Å². The van der Waals surface area contributed by atoms with E-state index in [-0.39, 0.29) is 0 Å². The van der Waals surface area contributed by atoms with Gasteiger partial charge < -0.3 is 4.74 Å². The Bertz CT molecular complexity index is 245. The van der Waals surface area contributed by atoms with Gasteiger partial charge in [-0.2, -0.15) is 0 Å². The van der Waals surface area contributed by atoms with Crippen molar-refractivity contribution < 1.29 is 9.53 Å². The highest BCUT2D eigenvalue weighted by molar-refractivity contribution is 7.96. The molecule has 0 saturated carbocycles. The molecule has 0 atom stereocenters. The Morgan fingerprint density at radius 1 is 1.21 bits per heavy atom. The Hall–Kier alpha value is -0.960. The largest absolute Gasteiger partial charge is 0.419 e. The van der Waals surface area contributed by atoms with Crippen LogP contribution in [0.3, 0.4) is 0 Å². The van der Waals surface area contributed by atoms with Gasteiger partial charge in [0.2, 0.25) is 0 Å². The number of hydrogen-bond donors (Lipinski definition) is 1. The fourth-order valence-corrected chi connectivity index (χ4v) is 0.695.